The Balaban J connectivity index is 2.27. The van der Waals surface area contributed by atoms with Crippen molar-refractivity contribution in [3.63, 3.8) is 0 Å². The average molecular weight is 275 g/mol. The molecular weight excluding hydrogens is 262 g/mol. The molecule has 0 bridgehead atoms. The van der Waals surface area contributed by atoms with Crippen molar-refractivity contribution in [3.8, 4) is 6.07 Å². The lowest BCUT2D eigenvalue weighted by Gasteiger charge is -2.04. The number of hydrogen-bond acceptors (Lipinski definition) is 4. The van der Waals surface area contributed by atoms with Crippen LogP contribution in [0.3, 0.4) is 0 Å². The van der Waals surface area contributed by atoms with Gasteiger partial charge in [0.2, 0.25) is 0 Å². The van der Waals surface area contributed by atoms with Gasteiger partial charge in [0, 0.05) is 16.2 Å². The summed E-state index contributed by atoms with van der Waals surface area (Å²) in [6, 6.07) is 10.0. The number of benzene rings is 1. The molecule has 0 radical (unpaired) electrons. The Bertz CT molecular complexity index is 528. The second kappa shape index (κ2) is 5.64. The van der Waals surface area contributed by atoms with Crippen LogP contribution in [0.15, 0.2) is 43.9 Å². The lowest BCUT2D eigenvalue weighted by atomic mass is 10.0. The van der Waals surface area contributed by atoms with E-state index in [0.29, 0.717) is 12.0 Å². The molecule has 0 N–H and O–H groups in total. The minimum Gasteiger partial charge on any atom is -0.293 e. The first kappa shape index (κ1) is 13.3. The predicted molar refractivity (Wildman–Crippen MR) is 75.3 cm³/mol. The zero-order chi connectivity index (χ0) is 13.1. The van der Waals surface area contributed by atoms with Crippen LogP contribution in [-0.4, -0.2) is 5.78 Å². The van der Waals surface area contributed by atoms with Crippen molar-refractivity contribution >= 4 is 29.3 Å². The molecule has 1 heterocycles. The monoisotopic (exact) mass is 275 g/mol. The molecule has 4 heteroatoms. The van der Waals surface area contributed by atoms with Gasteiger partial charge in [-0.1, -0.05) is 49.5 Å². The Hall–Kier alpha value is -1.18. The number of nitrogens with zero attached hydrogens (tertiary/aromatic N) is 1. The number of ketones is 1. The highest BCUT2D eigenvalue weighted by Gasteiger charge is 2.24. The van der Waals surface area contributed by atoms with Gasteiger partial charge in [0.05, 0.1) is 4.24 Å². The van der Waals surface area contributed by atoms with Gasteiger partial charge in [-0.25, -0.2) is 0 Å². The highest BCUT2D eigenvalue weighted by molar-refractivity contribution is 8.24. The third kappa shape index (κ3) is 2.80. The lowest BCUT2D eigenvalue weighted by Crippen LogP contribution is -2.05. The maximum Gasteiger partial charge on any atom is 0.175 e. The third-order valence-electron chi connectivity index (χ3n) is 2.44. The Morgan fingerprint density at radius 2 is 1.83 bits per heavy atom. The summed E-state index contributed by atoms with van der Waals surface area (Å²) in [4.78, 5) is 14.3. The van der Waals surface area contributed by atoms with E-state index < -0.39 is 0 Å². The van der Waals surface area contributed by atoms with Crippen LogP contribution in [0.1, 0.15) is 20.3 Å². The first-order chi connectivity index (χ1) is 8.61. The van der Waals surface area contributed by atoms with Crippen LogP contribution >= 0.6 is 23.5 Å². The van der Waals surface area contributed by atoms with E-state index in [0.717, 1.165) is 14.0 Å². The summed E-state index contributed by atoms with van der Waals surface area (Å²) < 4.78 is 0.823. The van der Waals surface area contributed by atoms with Gasteiger partial charge in [-0.15, -0.1) is 0 Å². The summed E-state index contributed by atoms with van der Waals surface area (Å²) in [6.07, 6.45) is 0.434. The fourth-order valence-electron chi connectivity index (χ4n) is 1.64. The molecule has 1 aliphatic heterocycles. The second-order valence-electron chi connectivity index (χ2n) is 4.45. The molecule has 18 heavy (non-hydrogen) atoms. The molecule has 0 fully saturated rings. The first-order valence-corrected chi connectivity index (χ1v) is 7.37. The normalized spacial score (nSPS) is 13.3. The molecule has 0 aromatic heterocycles. The van der Waals surface area contributed by atoms with Crippen molar-refractivity contribution in [3.05, 3.63) is 34.1 Å². The molecule has 0 saturated carbocycles. The van der Waals surface area contributed by atoms with E-state index in [2.05, 4.69) is 6.07 Å². The van der Waals surface area contributed by atoms with Crippen molar-refractivity contribution in [1.82, 2.24) is 0 Å². The SMILES string of the molecule is CC(C)CC(=O)C(C#N)=C1Sc2ccccc2S1. The van der Waals surface area contributed by atoms with Crippen molar-refractivity contribution in [2.24, 2.45) is 5.92 Å². The van der Waals surface area contributed by atoms with Crippen LogP contribution < -0.4 is 0 Å². The van der Waals surface area contributed by atoms with Crippen molar-refractivity contribution in [1.29, 1.82) is 5.26 Å². The Morgan fingerprint density at radius 3 is 2.28 bits per heavy atom. The van der Waals surface area contributed by atoms with E-state index in [1.54, 1.807) is 0 Å². The van der Waals surface area contributed by atoms with Crippen LogP contribution in [0.5, 0.6) is 0 Å². The molecule has 92 valence electrons. The van der Waals surface area contributed by atoms with Gasteiger partial charge in [0.15, 0.2) is 5.78 Å². The zero-order valence-electron chi connectivity index (χ0n) is 10.3. The molecule has 0 amide bonds. The number of carbonyl (C=O) groups is 1. The van der Waals surface area contributed by atoms with Crippen LogP contribution in [0.4, 0.5) is 0 Å². The largest absolute Gasteiger partial charge is 0.293 e. The molecule has 0 atom stereocenters. The number of allylic oxidation sites excluding steroid dienone is 1. The first-order valence-electron chi connectivity index (χ1n) is 5.74. The summed E-state index contributed by atoms with van der Waals surface area (Å²) in [7, 11) is 0. The predicted octanol–water partition coefficient (Wildman–Crippen LogP) is 4.23. The number of fused-ring (bicyclic) bond motifs is 1. The zero-order valence-corrected chi connectivity index (χ0v) is 11.9. The van der Waals surface area contributed by atoms with Gasteiger partial charge >= 0.3 is 0 Å². The van der Waals surface area contributed by atoms with Crippen LogP contribution in [0, 0.1) is 17.2 Å². The lowest BCUT2D eigenvalue weighted by molar-refractivity contribution is -0.115. The number of thioether (sulfide) groups is 2. The van der Waals surface area contributed by atoms with Crippen LogP contribution in [0.2, 0.25) is 0 Å². The molecule has 2 nitrogen and oxygen atoms in total. The molecule has 0 unspecified atom stereocenters. The maximum absolute atomic E-state index is 12.0. The summed E-state index contributed by atoms with van der Waals surface area (Å²) in [6.45, 7) is 3.97. The van der Waals surface area contributed by atoms with Gasteiger partial charge < -0.3 is 0 Å². The molecule has 0 saturated heterocycles. The molecular formula is C14H13NOS2. The van der Waals surface area contributed by atoms with E-state index in [9.17, 15) is 10.1 Å². The van der Waals surface area contributed by atoms with Crippen LogP contribution in [0.25, 0.3) is 0 Å². The minimum absolute atomic E-state index is 0.0460. The van der Waals surface area contributed by atoms with E-state index in [1.165, 1.54) is 23.5 Å². The molecule has 1 aliphatic rings. The minimum atomic E-state index is -0.0460. The standard InChI is InChI=1S/C14H13NOS2/c1-9(2)7-11(16)10(8-15)14-17-12-5-3-4-6-13(12)18-14/h3-6,9H,7H2,1-2H3. The van der Waals surface area contributed by atoms with E-state index in [1.807, 2.05) is 38.1 Å². The van der Waals surface area contributed by atoms with Gasteiger partial charge in [-0.2, -0.15) is 5.26 Å². The second-order valence-corrected chi connectivity index (χ2v) is 6.81. The Labute approximate surface area is 115 Å². The molecule has 2 rings (SSSR count). The molecule has 0 aliphatic carbocycles. The number of nitriles is 1. The summed E-state index contributed by atoms with van der Waals surface area (Å²) in [5, 5.41) is 9.19. The quantitative estimate of drug-likeness (QED) is 0.611. The van der Waals surface area contributed by atoms with E-state index >= 15 is 0 Å². The molecule has 0 spiro atoms. The Kier molecular flexibility index (Phi) is 4.15. The highest BCUT2D eigenvalue weighted by Crippen LogP contribution is 2.52. The van der Waals surface area contributed by atoms with Crippen molar-refractivity contribution < 1.29 is 4.79 Å². The smallest absolute Gasteiger partial charge is 0.175 e. The topological polar surface area (TPSA) is 40.9 Å². The third-order valence-corrected chi connectivity index (χ3v) is 5.00. The molecule has 1 aromatic rings. The van der Waals surface area contributed by atoms with Gasteiger partial charge in [0.25, 0.3) is 0 Å². The van der Waals surface area contributed by atoms with E-state index in [-0.39, 0.29) is 11.7 Å². The molecule has 1 aromatic carbocycles. The van der Waals surface area contributed by atoms with Crippen molar-refractivity contribution in [2.45, 2.75) is 30.1 Å². The van der Waals surface area contributed by atoms with E-state index in [4.69, 9.17) is 0 Å². The van der Waals surface area contributed by atoms with Gasteiger partial charge in [0.1, 0.15) is 11.6 Å². The number of rotatable bonds is 3. The summed E-state index contributed by atoms with van der Waals surface area (Å²) in [5.41, 5.74) is 0.315. The highest BCUT2D eigenvalue weighted by atomic mass is 32.2. The summed E-state index contributed by atoms with van der Waals surface area (Å²) in [5.74, 6) is 0.232. The maximum atomic E-state index is 12.0. The Morgan fingerprint density at radius 1 is 1.28 bits per heavy atom. The number of Topliss-reactive ketones (excluding diaryl/α,β-unsaturated/α-hetero) is 1. The average Bonchev–Trinajstić information content (AvgIpc) is 2.71. The fourth-order valence-corrected chi connectivity index (χ4v) is 4.14. The fraction of sp³-hybridized carbons (Fsp3) is 0.286. The number of hydrogen-bond donors (Lipinski definition) is 0. The number of carbonyl (C=O) groups excluding carboxylic acids is 1. The summed E-state index contributed by atoms with van der Waals surface area (Å²) >= 11 is 3.05. The van der Waals surface area contributed by atoms with Gasteiger partial charge in [-0.05, 0) is 18.1 Å². The van der Waals surface area contributed by atoms with Crippen LogP contribution in [-0.2, 0) is 4.79 Å². The van der Waals surface area contributed by atoms with Gasteiger partial charge in [-0.3, -0.25) is 4.79 Å². The van der Waals surface area contributed by atoms with Crippen molar-refractivity contribution in [2.75, 3.05) is 0 Å².